The molecule has 162 valence electrons. The van der Waals surface area contributed by atoms with E-state index in [0.717, 1.165) is 11.1 Å². The monoisotopic (exact) mass is 448 g/mol. The van der Waals surface area contributed by atoms with Crippen LogP contribution in [0, 0.1) is 12.7 Å². The maximum Gasteiger partial charge on any atom is 0.267 e. The molecule has 8 heteroatoms. The molecule has 2 heterocycles. The van der Waals surface area contributed by atoms with Gasteiger partial charge in [0.15, 0.2) is 5.16 Å². The van der Waals surface area contributed by atoms with E-state index in [2.05, 4.69) is 15.3 Å². The van der Waals surface area contributed by atoms with Gasteiger partial charge in [0.1, 0.15) is 11.6 Å². The van der Waals surface area contributed by atoms with Gasteiger partial charge in [-0.1, -0.05) is 36.0 Å². The highest BCUT2D eigenvalue weighted by molar-refractivity contribution is 7.99. The molecule has 0 atom stereocenters. The molecule has 2 aromatic carbocycles. The number of amides is 1. The summed E-state index contributed by atoms with van der Waals surface area (Å²) < 4.78 is 14.4. The van der Waals surface area contributed by atoms with Gasteiger partial charge in [0.05, 0.1) is 16.7 Å². The number of aryl methyl sites for hydroxylation is 1. The van der Waals surface area contributed by atoms with E-state index in [-0.39, 0.29) is 23.0 Å². The maximum atomic E-state index is 13.2. The van der Waals surface area contributed by atoms with Crippen LogP contribution in [-0.4, -0.2) is 32.7 Å². The zero-order valence-electron chi connectivity index (χ0n) is 17.4. The number of benzene rings is 2. The molecule has 32 heavy (non-hydrogen) atoms. The van der Waals surface area contributed by atoms with Crippen molar-refractivity contribution in [3.05, 3.63) is 94.2 Å². The maximum absolute atomic E-state index is 13.2. The number of pyridine rings is 1. The van der Waals surface area contributed by atoms with Crippen molar-refractivity contribution in [1.82, 2.24) is 19.9 Å². The number of halogens is 1. The Kier molecular flexibility index (Phi) is 6.61. The molecule has 1 amide bonds. The van der Waals surface area contributed by atoms with Crippen molar-refractivity contribution in [1.29, 1.82) is 0 Å². The smallest absolute Gasteiger partial charge is 0.267 e. The molecule has 4 aromatic rings. The van der Waals surface area contributed by atoms with Crippen LogP contribution in [0.4, 0.5) is 4.39 Å². The molecule has 0 unspecified atom stereocenters. The second kappa shape index (κ2) is 9.74. The lowest BCUT2D eigenvalue weighted by Crippen LogP contribution is -2.28. The van der Waals surface area contributed by atoms with Crippen molar-refractivity contribution in [2.75, 3.05) is 12.3 Å². The van der Waals surface area contributed by atoms with Gasteiger partial charge in [-0.3, -0.25) is 9.59 Å². The predicted molar refractivity (Wildman–Crippen MR) is 124 cm³/mol. The summed E-state index contributed by atoms with van der Waals surface area (Å²) in [4.78, 5) is 34.5. The molecule has 0 bridgehead atoms. The first-order valence-corrected chi connectivity index (χ1v) is 11.1. The molecule has 1 N–H and O–H groups in total. The normalized spacial score (nSPS) is 10.9. The highest BCUT2D eigenvalue weighted by Gasteiger charge is 2.15. The van der Waals surface area contributed by atoms with E-state index in [9.17, 15) is 14.0 Å². The number of nitrogens with one attached hydrogen (secondary N) is 1. The van der Waals surface area contributed by atoms with Crippen LogP contribution in [0.15, 0.2) is 76.8 Å². The third-order valence-electron chi connectivity index (χ3n) is 4.86. The Morgan fingerprint density at radius 2 is 1.91 bits per heavy atom. The minimum absolute atomic E-state index is 0.0972. The van der Waals surface area contributed by atoms with Crippen LogP contribution in [0.1, 0.15) is 11.1 Å². The largest absolute Gasteiger partial charge is 0.355 e. The summed E-state index contributed by atoms with van der Waals surface area (Å²) in [6.07, 6.45) is 2.24. The van der Waals surface area contributed by atoms with Gasteiger partial charge < -0.3 is 5.32 Å². The topological polar surface area (TPSA) is 76.9 Å². The molecular weight excluding hydrogens is 427 g/mol. The van der Waals surface area contributed by atoms with Crippen molar-refractivity contribution < 1.29 is 9.18 Å². The molecule has 0 spiro atoms. The molecule has 2 aromatic heterocycles. The first-order chi connectivity index (χ1) is 15.5. The zero-order valence-corrected chi connectivity index (χ0v) is 18.2. The minimum Gasteiger partial charge on any atom is -0.355 e. The summed E-state index contributed by atoms with van der Waals surface area (Å²) >= 11 is 1.18. The summed E-state index contributed by atoms with van der Waals surface area (Å²) in [5, 5.41) is 3.74. The first kappa shape index (κ1) is 21.7. The number of rotatable bonds is 7. The number of carbonyl (C=O) groups is 1. The summed E-state index contributed by atoms with van der Waals surface area (Å²) in [6, 6.07) is 17.0. The molecule has 0 aliphatic carbocycles. The van der Waals surface area contributed by atoms with Crippen LogP contribution in [0.2, 0.25) is 0 Å². The average Bonchev–Trinajstić information content (AvgIpc) is 2.79. The van der Waals surface area contributed by atoms with Crippen molar-refractivity contribution in [2.24, 2.45) is 0 Å². The van der Waals surface area contributed by atoms with E-state index in [4.69, 9.17) is 0 Å². The number of hydrogen-bond acceptors (Lipinski definition) is 5. The van der Waals surface area contributed by atoms with E-state index >= 15 is 0 Å². The average molecular weight is 449 g/mol. The number of thioether (sulfide) groups is 1. The van der Waals surface area contributed by atoms with Gasteiger partial charge in [-0.2, -0.15) is 0 Å². The summed E-state index contributed by atoms with van der Waals surface area (Å²) in [6.45, 7) is 2.36. The van der Waals surface area contributed by atoms with Crippen LogP contribution in [-0.2, 0) is 11.2 Å². The number of carbonyl (C=O) groups excluding carboxylic acids is 1. The molecule has 4 rings (SSSR count). The number of aromatic nitrogens is 3. The van der Waals surface area contributed by atoms with Gasteiger partial charge in [-0.25, -0.2) is 18.9 Å². The quantitative estimate of drug-likeness (QED) is 0.345. The van der Waals surface area contributed by atoms with Crippen molar-refractivity contribution in [2.45, 2.75) is 18.5 Å². The Labute approximate surface area is 188 Å². The second-order valence-corrected chi connectivity index (χ2v) is 8.20. The van der Waals surface area contributed by atoms with Gasteiger partial charge >= 0.3 is 0 Å². The molecule has 0 fully saturated rings. The fourth-order valence-electron chi connectivity index (χ4n) is 3.23. The molecule has 0 saturated carbocycles. The standard InChI is InChI=1S/C24H21FN4O2S/c1-16-10-12-26-21(14-16)29-23(31)19-4-2-3-5-20(19)28-24(29)32-15-22(30)27-13-11-17-6-8-18(25)9-7-17/h2-10,12,14H,11,13,15H2,1H3,(H,27,30). The Morgan fingerprint density at radius 1 is 1.12 bits per heavy atom. The van der Waals surface area contributed by atoms with E-state index in [1.165, 1.54) is 28.5 Å². The van der Waals surface area contributed by atoms with Gasteiger partial charge in [-0.05, 0) is 60.9 Å². The van der Waals surface area contributed by atoms with E-state index in [1.807, 2.05) is 25.1 Å². The van der Waals surface area contributed by atoms with Crippen LogP contribution >= 0.6 is 11.8 Å². The van der Waals surface area contributed by atoms with Crippen molar-refractivity contribution >= 4 is 28.6 Å². The summed E-state index contributed by atoms with van der Waals surface area (Å²) in [5.74, 6) is 0.0990. The lowest BCUT2D eigenvalue weighted by molar-refractivity contribution is -0.118. The lowest BCUT2D eigenvalue weighted by Gasteiger charge is -2.13. The van der Waals surface area contributed by atoms with Crippen LogP contribution in [0.3, 0.4) is 0 Å². The zero-order chi connectivity index (χ0) is 22.5. The lowest BCUT2D eigenvalue weighted by atomic mass is 10.1. The third-order valence-corrected chi connectivity index (χ3v) is 5.80. The first-order valence-electron chi connectivity index (χ1n) is 10.1. The van der Waals surface area contributed by atoms with Crippen molar-refractivity contribution in [3.8, 4) is 5.82 Å². The second-order valence-electron chi connectivity index (χ2n) is 7.26. The van der Waals surface area contributed by atoms with Gasteiger partial charge in [0.25, 0.3) is 5.56 Å². The SMILES string of the molecule is Cc1ccnc(-n2c(SCC(=O)NCCc3ccc(F)cc3)nc3ccccc3c2=O)c1. The van der Waals surface area contributed by atoms with E-state index in [0.29, 0.717) is 34.8 Å². The predicted octanol–water partition coefficient (Wildman–Crippen LogP) is 3.68. The van der Waals surface area contributed by atoms with Gasteiger partial charge in [0, 0.05) is 12.7 Å². The number of para-hydroxylation sites is 1. The highest BCUT2D eigenvalue weighted by atomic mass is 32.2. The Balaban J connectivity index is 1.51. The van der Waals surface area contributed by atoms with Crippen LogP contribution in [0.25, 0.3) is 16.7 Å². The molecule has 0 saturated heterocycles. The highest BCUT2D eigenvalue weighted by Crippen LogP contribution is 2.20. The fraction of sp³-hybridized carbons (Fsp3) is 0.167. The minimum atomic E-state index is -0.286. The van der Waals surface area contributed by atoms with Gasteiger partial charge in [-0.15, -0.1) is 0 Å². The van der Waals surface area contributed by atoms with E-state index in [1.54, 1.807) is 36.5 Å². The fourth-order valence-corrected chi connectivity index (χ4v) is 4.06. The number of nitrogens with zero attached hydrogens (tertiary/aromatic N) is 3. The molecular formula is C24H21FN4O2S. The molecule has 0 aliphatic rings. The Hall–Kier alpha value is -3.52. The molecule has 0 radical (unpaired) electrons. The number of hydrogen-bond donors (Lipinski definition) is 1. The molecule has 6 nitrogen and oxygen atoms in total. The van der Waals surface area contributed by atoms with Gasteiger partial charge in [0.2, 0.25) is 5.91 Å². The van der Waals surface area contributed by atoms with E-state index < -0.39 is 0 Å². The van der Waals surface area contributed by atoms with Crippen molar-refractivity contribution in [3.63, 3.8) is 0 Å². The molecule has 0 aliphatic heterocycles. The van der Waals surface area contributed by atoms with Crippen LogP contribution in [0.5, 0.6) is 0 Å². The third kappa shape index (κ3) is 5.03. The summed E-state index contributed by atoms with van der Waals surface area (Å²) in [5.41, 5.74) is 2.24. The summed E-state index contributed by atoms with van der Waals surface area (Å²) in [7, 11) is 0. The number of fused-ring (bicyclic) bond motifs is 1. The Bertz CT molecular complexity index is 1320. The Morgan fingerprint density at radius 3 is 2.69 bits per heavy atom. The van der Waals surface area contributed by atoms with Crippen LogP contribution < -0.4 is 10.9 Å².